The molecule has 0 aliphatic heterocycles. The average Bonchev–Trinajstić information content (AvgIpc) is 2.25. The highest BCUT2D eigenvalue weighted by molar-refractivity contribution is 5.81. The van der Waals surface area contributed by atoms with Crippen molar-refractivity contribution >= 4 is 11.9 Å². The lowest BCUT2D eigenvalue weighted by atomic mass is 9.75. The molecule has 1 N–H and O–H groups in total. The van der Waals surface area contributed by atoms with Crippen LogP contribution in [0.1, 0.15) is 59.3 Å². The van der Waals surface area contributed by atoms with Crippen molar-refractivity contribution < 1.29 is 14.3 Å². The van der Waals surface area contributed by atoms with Gasteiger partial charge in [0, 0.05) is 12.5 Å². The van der Waals surface area contributed by atoms with E-state index in [1.807, 2.05) is 0 Å². The Morgan fingerprint density at radius 3 is 2.67 bits per heavy atom. The zero-order valence-electron chi connectivity index (χ0n) is 11.8. The standard InChI is InChI=1S/C14H25NO3/c1-4-18-13(17)8-7-12(16)15-11-6-5-9-14(2,3)10-11/h11H,4-10H2,1-3H3,(H,15,16). The molecule has 0 heterocycles. The van der Waals surface area contributed by atoms with E-state index < -0.39 is 0 Å². The third-order valence-electron chi connectivity index (χ3n) is 3.43. The molecule has 1 aliphatic rings. The number of nitrogens with one attached hydrogen (secondary N) is 1. The lowest BCUT2D eigenvalue weighted by Gasteiger charge is -2.35. The molecule has 1 unspecified atom stereocenters. The first kappa shape index (κ1) is 15.0. The van der Waals surface area contributed by atoms with Crippen LogP contribution in [0.2, 0.25) is 0 Å². The van der Waals surface area contributed by atoms with E-state index in [1.54, 1.807) is 6.92 Å². The summed E-state index contributed by atoms with van der Waals surface area (Å²) in [4.78, 5) is 22.9. The first-order valence-electron chi connectivity index (χ1n) is 6.88. The van der Waals surface area contributed by atoms with Crippen LogP contribution < -0.4 is 5.32 Å². The molecule has 1 fully saturated rings. The zero-order chi connectivity index (χ0) is 13.6. The van der Waals surface area contributed by atoms with Gasteiger partial charge in [-0.25, -0.2) is 0 Å². The van der Waals surface area contributed by atoms with E-state index in [-0.39, 0.29) is 30.8 Å². The van der Waals surface area contributed by atoms with Gasteiger partial charge in [-0.05, 0) is 31.6 Å². The number of hydrogen-bond donors (Lipinski definition) is 1. The van der Waals surface area contributed by atoms with Crippen LogP contribution in [0.5, 0.6) is 0 Å². The average molecular weight is 255 g/mol. The molecule has 0 spiro atoms. The fraction of sp³-hybridized carbons (Fsp3) is 0.857. The molecule has 0 aromatic rings. The monoisotopic (exact) mass is 255 g/mol. The summed E-state index contributed by atoms with van der Waals surface area (Å²) in [7, 11) is 0. The predicted octanol–water partition coefficient (Wildman–Crippen LogP) is 2.41. The third-order valence-corrected chi connectivity index (χ3v) is 3.43. The van der Waals surface area contributed by atoms with Crippen molar-refractivity contribution in [1.29, 1.82) is 0 Å². The van der Waals surface area contributed by atoms with Gasteiger partial charge in [-0.2, -0.15) is 0 Å². The van der Waals surface area contributed by atoms with Gasteiger partial charge >= 0.3 is 5.97 Å². The van der Waals surface area contributed by atoms with E-state index in [1.165, 1.54) is 6.42 Å². The largest absolute Gasteiger partial charge is 0.466 e. The van der Waals surface area contributed by atoms with Crippen LogP contribution in [0.3, 0.4) is 0 Å². The lowest BCUT2D eigenvalue weighted by Crippen LogP contribution is -2.40. The Morgan fingerprint density at radius 1 is 1.33 bits per heavy atom. The molecule has 1 saturated carbocycles. The lowest BCUT2D eigenvalue weighted by molar-refractivity contribution is -0.144. The van der Waals surface area contributed by atoms with Crippen LogP contribution in [-0.2, 0) is 14.3 Å². The maximum atomic E-state index is 11.7. The summed E-state index contributed by atoms with van der Waals surface area (Å²) in [6, 6.07) is 0.267. The van der Waals surface area contributed by atoms with E-state index in [4.69, 9.17) is 4.74 Å². The number of hydrogen-bond acceptors (Lipinski definition) is 3. The van der Waals surface area contributed by atoms with Crippen molar-refractivity contribution in [1.82, 2.24) is 5.32 Å². The summed E-state index contributed by atoms with van der Waals surface area (Å²) < 4.78 is 4.80. The summed E-state index contributed by atoms with van der Waals surface area (Å²) in [6.45, 7) is 6.62. The highest BCUT2D eigenvalue weighted by atomic mass is 16.5. The topological polar surface area (TPSA) is 55.4 Å². The van der Waals surface area contributed by atoms with Crippen molar-refractivity contribution in [2.75, 3.05) is 6.61 Å². The summed E-state index contributed by atoms with van der Waals surface area (Å²) >= 11 is 0. The van der Waals surface area contributed by atoms with Gasteiger partial charge in [0.25, 0.3) is 0 Å². The zero-order valence-corrected chi connectivity index (χ0v) is 11.8. The van der Waals surface area contributed by atoms with Crippen LogP contribution in [0, 0.1) is 5.41 Å². The molecule has 0 saturated heterocycles. The Hall–Kier alpha value is -1.06. The van der Waals surface area contributed by atoms with Gasteiger partial charge in [0.1, 0.15) is 0 Å². The quantitative estimate of drug-likeness (QED) is 0.768. The van der Waals surface area contributed by atoms with Crippen LogP contribution in [0.25, 0.3) is 0 Å². The van der Waals surface area contributed by atoms with Gasteiger partial charge in [0.05, 0.1) is 13.0 Å². The molecule has 1 rings (SSSR count). The van der Waals surface area contributed by atoms with Gasteiger partial charge in [-0.3, -0.25) is 9.59 Å². The Morgan fingerprint density at radius 2 is 2.06 bits per heavy atom. The van der Waals surface area contributed by atoms with Crippen LogP contribution in [0.4, 0.5) is 0 Å². The minimum atomic E-state index is -0.295. The Balaban J connectivity index is 2.25. The molecule has 1 aliphatic carbocycles. The summed E-state index contributed by atoms with van der Waals surface area (Å²) in [5.41, 5.74) is 0.317. The molecule has 1 amide bonds. The van der Waals surface area contributed by atoms with Crippen molar-refractivity contribution in [3.05, 3.63) is 0 Å². The highest BCUT2D eigenvalue weighted by Gasteiger charge is 2.28. The molecule has 4 nitrogen and oxygen atoms in total. The number of carbonyl (C=O) groups excluding carboxylic acids is 2. The predicted molar refractivity (Wildman–Crippen MR) is 70.0 cm³/mol. The van der Waals surface area contributed by atoms with Gasteiger partial charge in [-0.15, -0.1) is 0 Å². The Kier molecular flexibility index (Phi) is 5.63. The third kappa shape index (κ3) is 5.52. The van der Waals surface area contributed by atoms with E-state index in [0.717, 1.165) is 19.3 Å². The minimum Gasteiger partial charge on any atom is -0.466 e. The van der Waals surface area contributed by atoms with Crippen LogP contribution >= 0.6 is 0 Å². The second-order valence-corrected chi connectivity index (χ2v) is 5.83. The number of rotatable bonds is 5. The van der Waals surface area contributed by atoms with Crippen molar-refractivity contribution in [3.8, 4) is 0 Å². The first-order valence-corrected chi connectivity index (χ1v) is 6.88. The van der Waals surface area contributed by atoms with E-state index in [0.29, 0.717) is 12.0 Å². The second kappa shape index (κ2) is 6.76. The molecule has 0 aromatic carbocycles. The number of carbonyl (C=O) groups is 2. The molecule has 0 bridgehead atoms. The molecule has 104 valence electrons. The first-order chi connectivity index (χ1) is 8.43. The van der Waals surface area contributed by atoms with E-state index in [9.17, 15) is 9.59 Å². The van der Waals surface area contributed by atoms with E-state index in [2.05, 4.69) is 19.2 Å². The number of ether oxygens (including phenoxy) is 1. The summed E-state index contributed by atoms with van der Waals surface area (Å²) in [6.07, 6.45) is 4.87. The van der Waals surface area contributed by atoms with Crippen molar-refractivity contribution in [2.24, 2.45) is 5.41 Å². The fourth-order valence-electron chi connectivity index (χ4n) is 2.57. The van der Waals surface area contributed by atoms with Crippen LogP contribution in [-0.4, -0.2) is 24.5 Å². The summed E-state index contributed by atoms with van der Waals surface area (Å²) in [5.74, 6) is -0.331. The van der Waals surface area contributed by atoms with Gasteiger partial charge in [-0.1, -0.05) is 20.3 Å². The summed E-state index contributed by atoms with van der Waals surface area (Å²) in [5, 5.41) is 3.03. The fourth-order valence-corrected chi connectivity index (χ4v) is 2.57. The van der Waals surface area contributed by atoms with Gasteiger partial charge in [0.15, 0.2) is 0 Å². The minimum absolute atomic E-state index is 0.0363. The molecule has 4 heteroatoms. The van der Waals surface area contributed by atoms with Crippen LogP contribution in [0.15, 0.2) is 0 Å². The maximum Gasteiger partial charge on any atom is 0.306 e. The highest BCUT2D eigenvalue weighted by Crippen LogP contribution is 2.35. The number of esters is 1. The molecular weight excluding hydrogens is 230 g/mol. The Bertz CT molecular complexity index is 299. The van der Waals surface area contributed by atoms with Crippen molar-refractivity contribution in [3.63, 3.8) is 0 Å². The maximum absolute atomic E-state index is 11.7. The normalized spacial score (nSPS) is 22.3. The van der Waals surface area contributed by atoms with Gasteiger partial charge < -0.3 is 10.1 Å². The van der Waals surface area contributed by atoms with Gasteiger partial charge in [0.2, 0.25) is 5.91 Å². The molecule has 18 heavy (non-hydrogen) atoms. The Labute approximate surface area is 109 Å². The molecule has 0 radical (unpaired) electrons. The molecule has 0 aromatic heterocycles. The van der Waals surface area contributed by atoms with Crippen molar-refractivity contribution in [2.45, 2.75) is 65.3 Å². The number of amides is 1. The molecular formula is C14H25NO3. The molecule has 1 atom stereocenters. The second-order valence-electron chi connectivity index (χ2n) is 5.83. The van der Waals surface area contributed by atoms with E-state index >= 15 is 0 Å². The SMILES string of the molecule is CCOC(=O)CCC(=O)NC1CCCC(C)(C)C1. The smallest absolute Gasteiger partial charge is 0.306 e.